The molecule has 1 saturated heterocycles. The van der Waals surface area contributed by atoms with Gasteiger partial charge >= 0.3 is 0 Å². The molecule has 1 N–H and O–H groups in total. The monoisotopic (exact) mass is 230 g/mol. The Bertz CT molecular complexity index is 213. The van der Waals surface area contributed by atoms with Crippen molar-refractivity contribution < 1.29 is 4.79 Å². The van der Waals surface area contributed by atoms with E-state index in [1.807, 2.05) is 11.0 Å². The number of carbonyl (C=O) groups is 1. The molecular formula is C11H19ClN2O. The number of hydrogen-bond acceptors (Lipinski definition) is 2. The maximum atomic E-state index is 11.7. The lowest BCUT2D eigenvalue weighted by atomic mass is 10.1. The SMILES string of the molecule is O=C(CCNC/C=C/Cl)N1CCCCC1. The van der Waals surface area contributed by atoms with Crippen molar-refractivity contribution in [2.45, 2.75) is 25.7 Å². The average molecular weight is 231 g/mol. The zero-order valence-corrected chi connectivity index (χ0v) is 9.80. The van der Waals surface area contributed by atoms with E-state index >= 15 is 0 Å². The molecule has 0 spiro atoms. The van der Waals surface area contributed by atoms with Crippen LogP contribution in [0.5, 0.6) is 0 Å². The van der Waals surface area contributed by atoms with Crippen LogP contribution in [0.2, 0.25) is 0 Å². The van der Waals surface area contributed by atoms with Gasteiger partial charge in [-0.2, -0.15) is 0 Å². The fourth-order valence-corrected chi connectivity index (χ4v) is 1.82. The first-order valence-corrected chi connectivity index (χ1v) is 6.02. The van der Waals surface area contributed by atoms with Crippen LogP contribution in [-0.4, -0.2) is 37.0 Å². The molecule has 0 aromatic heterocycles. The Hall–Kier alpha value is -0.540. The second-order valence-corrected chi connectivity index (χ2v) is 4.01. The standard InChI is InChI=1S/C11H19ClN2O/c12-6-4-7-13-8-5-11(15)14-9-2-1-3-10-14/h4,6,13H,1-3,5,7-10H2/b6-4+. The van der Waals surface area contributed by atoms with Crippen molar-refractivity contribution in [1.29, 1.82) is 0 Å². The summed E-state index contributed by atoms with van der Waals surface area (Å²) in [5, 5.41) is 3.14. The molecule has 86 valence electrons. The number of halogens is 1. The first kappa shape index (κ1) is 12.5. The summed E-state index contributed by atoms with van der Waals surface area (Å²) in [7, 11) is 0. The molecule has 3 nitrogen and oxygen atoms in total. The molecule has 0 unspecified atom stereocenters. The normalized spacial score (nSPS) is 17.3. The Morgan fingerprint density at radius 1 is 1.33 bits per heavy atom. The van der Waals surface area contributed by atoms with Crippen LogP contribution in [0.4, 0.5) is 0 Å². The molecule has 0 atom stereocenters. The molecule has 1 amide bonds. The molecule has 1 heterocycles. The minimum Gasteiger partial charge on any atom is -0.343 e. The topological polar surface area (TPSA) is 32.3 Å². The summed E-state index contributed by atoms with van der Waals surface area (Å²) in [5.41, 5.74) is 1.49. The van der Waals surface area contributed by atoms with E-state index < -0.39 is 0 Å². The fourth-order valence-electron chi connectivity index (χ4n) is 1.73. The van der Waals surface area contributed by atoms with Crippen LogP contribution in [-0.2, 0) is 4.79 Å². The maximum Gasteiger partial charge on any atom is 0.223 e. The number of likely N-dealkylation sites (tertiary alicyclic amines) is 1. The number of rotatable bonds is 5. The minimum atomic E-state index is 0.275. The van der Waals surface area contributed by atoms with Crippen LogP contribution >= 0.6 is 11.6 Å². The van der Waals surface area contributed by atoms with Crippen molar-refractivity contribution in [3.8, 4) is 0 Å². The third-order valence-electron chi connectivity index (χ3n) is 2.58. The molecular weight excluding hydrogens is 212 g/mol. The van der Waals surface area contributed by atoms with Crippen molar-refractivity contribution in [2.75, 3.05) is 26.2 Å². The summed E-state index contributed by atoms with van der Waals surface area (Å²) in [4.78, 5) is 13.6. The zero-order valence-electron chi connectivity index (χ0n) is 9.04. The second kappa shape index (κ2) is 7.71. The van der Waals surface area contributed by atoms with E-state index in [9.17, 15) is 4.79 Å². The zero-order chi connectivity index (χ0) is 10.9. The molecule has 0 saturated carbocycles. The Balaban J connectivity index is 2.06. The van der Waals surface area contributed by atoms with Gasteiger partial charge in [0.1, 0.15) is 0 Å². The van der Waals surface area contributed by atoms with Crippen molar-refractivity contribution in [2.24, 2.45) is 0 Å². The highest BCUT2D eigenvalue weighted by molar-refractivity contribution is 6.25. The number of carbonyl (C=O) groups excluding carboxylic acids is 1. The quantitative estimate of drug-likeness (QED) is 0.730. The van der Waals surface area contributed by atoms with Gasteiger partial charge in [-0.1, -0.05) is 17.7 Å². The van der Waals surface area contributed by atoms with Crippen LogP contribution in [0, 0.1) is 0 Å². The lowest BCUT2D eigenvalue weighted by Crippen LogP contribution is -2.37. The third-order valence-corrected chi connectivity index (χ3v) is 2.75. The predicted molar refractivity (Wildman–Crippen MR) is 62.9 cm³/mol. The Kier molecular flexibility index (Phi) is 6.44. The number of nitrogens with one attached hydrogen (secondary N) is 1. The van der Waals surface area contributed by atoms with Crippen molar-refractivity contribution >= 4 is 17.5 Å². The number of nitrogens with zero attached hydrogens (tertiary/aromatic N) is 1. The predicted octanol–water partition coefficient (Wildman–Crippen LogP) is 1.73. The number of piperidine rings is 1. The molecule has 0 aromatic carbocycles. The summed E-state index contributed by atoms with van der Waals surface area (Å²) in [6.45, 7) is 3.36. The van der Waals surface area contributed by atoms with E-state index in [1.54, 1.807) is 0 Å². The van der Waals surface area contributed by atoms with Crippen LogP contribution < -0.4 is 5.32 Å². The van der Waals surface area contributed by atoms with Gasteiger partial charge in [0.15, 0.2) is 0 Å². The summed E-state index contributed by atoms with van der Waals surface area (Å²) < 4.78 is 0. The van der Waals surface area contributed by atoms with E-state index in [-0.39, 0.29) is 5.91 Å². The Labute approximate surface area is 96.5 Å². The van der Waals surface area contributed by atoms with Gasteiger partial charge in [-0.05, 0) is 19.3 Å². The molecule has 15 heavy (non-hydrogen) atoms. The summed E-state index contributed by atoms with van der Waals surface area (Å²) in [5.74, 6) is 0.275. The van der Waals surface area contributed by atoms with E-state index in [4.69, 9.17) is 11.6 Å². The van der Waals surface area contributed by atoms with Crippen LogP contribution in [0.1, 0.15) is 25.7 Å². The van der Waals surface area contributed by atoms with Gasteiger partial charge < -0.3 is 10.2 Å². The average Bonchev–Trinajstić information content (AvgIpc) is 2.30. The van der Waals surface area contributed by atoms with E-state index in [1.165, 1.54) is 12.0 Å². The van der Waals surface area contributed by atoms with Gasteiger partial charge in [0.2, 0.25) is 5.91 Å². The highest BCUT2D eigenvalue weighted by atomic mass is 35.5. The summed E-state index contributed by atoms with van der Waals surface area (Å²) >= 11 is 5.37. The largest absolute Gasteiger partial charge is 0.343 e. The van der Waals surface area contributed by atoms with Gasteiger partial charge in [-0.3, -0.25) is 4.79 Å². The molecule has 0 bridgehead atoms. The highest BCUT2D eigenvalue weighted by Crippen LogP contribution is 2.09. The first-order chi connectivity index (χ1) is 7.34. The maximum absolute atomic E-state index is 11.7. The lowest BCUT2D eigenvalue weighted by molar-refractivity contribution is -0.131. The van der Waals surface area contributed by atoms with Gasteiger partial charge in [0.05, 0.1) is 0 Å². The molecule has 1 fully saturated rings. The Morgan fingerprint density at radius 2 is 2.07 bits per heavy atom. The van der Waals surface area contributed by atoms with E-state index in [2.05, 4.69) is 5.32 Å². The van der Waals surface area contributed by atoms with Crippen LogP contribution in [0.15, 0.2) is 11.6 Å². The number of hydrogen-bond donors (Lipinski definition) is 1. The highest BCUT2D eigenvalue weighted by Gasteiger charge is 2.15. The van der Waals surface area contributed by atoms with Crippen molar-refractivity contribution in [1.82, 2.24) is 10.2 Å². The van der Waals surface area contributed by atoms with Gasteiger partial charge in [-0.25, -0.2) is 0 Å². The first-order valence-electron chi connectivity index (χ1n) is 5.58. The van der Waals surface area contributed by atoms with Gasteiger partial charge in [-0.15, -0.1) is 0 Å². The van der Waals surface area contributed by atoms with Crippen molar-refractivity contribution in [3.63, 3.8) is 0 Å². The molecule has 0 aromatic rings. The number of amides is 1. The lowest BCUT2D eigenvalue weighted by Gasteiger charge is -2.26. The van der Waals surface area contributed by atoms with E-state index in [0.29, 0.717) is 6.42 Å². The second-order valence-electron chi connectivity index (χ2n) is 3.76. The fraction of sp³-hybridized carbons (Fsp3) is 0.727. The van der Waals surface area contributed by atoms with Gasteiger partial charge in [0, 0.05) is 38.1 Å². The molecule has 4 heteroatoms. The van der Waals surface area contributed by atoms with Gasteiger partial charge in [0.25, 0.3) is 0 Å². The van der Waals surface area contributed by atoms with Crippen LogP contribution in [0.25, 0.3) is 0 Å². The molecule has 1 rings (SSSR count). The van der Waals surface area contributed by atoms with Crippen molar-refractivity contribution in [3.05, 3.63) is 11.6 Å². The van der Waals surface area contributed by atoms with E-state index in [0.717, 1.165) is 39.0 Å². The third kappa shape index (κ3) is 5.19. The molecule has 0 aliphatic carbocycles. The smallest absolute Gasteiger partial charge is 0.223 e. The summed E-state index contributed by atoms with van der Waals surface area (Å²) in [6.07, 6.45) is 6.01. The Morgan fingerprint density at radius 3 is 2.73 bits per heavy atom. The summed E-state index contributed by atoms with van der Waals surface area (Å²) in [6, 6.07) is 0. The van der Waals surface area contributed by atoms with Crippen LogP contribution in [0.3, 0.4) is 0 Å². The minimum absolute atomic E-state index is 0.275. The molecule has 1 aliphatic heterocycles. The molecule has 1 aliphatic rings. The molecule has 0 radical (unpaired) electrons.